The molecule has 1 aliphatic heterocycles. The number of benzene rings is 1. The molecule has 0 spiro atoms. The Morgan fingerprint density at radius 1 is 1.16 bits per heavy atom. The highest BCUT2D eigenvalue weighted by molar-refractivity contribution is 5.89. The molecule has 7 heteroatoms. The van der Waals surface area contributed by atoms with Crippen LogP contribution in [-0.2, 0) is 14.3 Å². The number of ether oxygens (including phenoxy) is 1. The van der Waals surface area contributed by atoms with E-state index in [1.807, 2.05) is 24.3 Å². The van der Waals surface area contributed by atoms with E-state index in [4.69, 9.17) is 4.74 Å². The van der Waals surface area contributed by atoms with Gasteiger partial charge in [0.2, 0.25) is 5.91 Å². The van der Waals surface area contributed by atoms with E-state index in [-0.39, 0.29) is 30.2 Å². The molecular formula is C25H39N3O4. The predicted molar refractivity (Wildman–Crippen MR) is 127 cm³/mol. The first-order chi connectivity index (χ1) is 15.3. The van der Waals surface area contributed by atoms with E-state index < -0.39 is 0 Å². The summed E-state index contributed by atoms with van der Waals surface area (Å²) < 4.78 is 5.12. The second kappa shape index (κ2) is 13.1. The predicted octanol–water partition coefficient (Wildman–Crippen LogP) is 4.64. The molecule has 0 bridgehead atoms. The molecule has 1 aliphatic rings. The van der Waals surface area contributed by atoms with E-state index in [9.17, 15) is 14.4 Å². The van der Waals surface area contributed by atoms with Crippen LogP contribution >= 0.6 is 0 Å². The van der Waals surface area contributed by atoms with Gasteiger partial charge in [0.1, 0.15) is 0 Å². The topological polar surface area (TPSA) is 79.0 Å². The van der Waals surface area contributed by atoms with Gasteiger partial charge < -0.3 is 19.9 Å². The summed E-state index contributed by atoms with van der Waals surface area (Å²) in [5.74, 6) is -0.0574. The van der Waals surface area contributed by atoms with Crippen LogP contribution in [-0.4, -0.2) is 60.5 Å². The molecule has 1 aromatic carbocycles. The van der Waals surface area contributed by atoms with Gasteiger partial charge in [-0.3, -0.25) is 9.59 Å². The Bertz CT molecular complexity index is 748. The van der Waals surface area contributed by atoms with Crippen LogP contribution in [0, 0.1) is 5.92 Å². The van der Waals surface area contributed by atoms with Crippen LogP contribution in [0.25, 0.3) is 0 Å². The van der Waals surface area contributed by atoms with Crippen LogP contribution in [0.5, 0.6) is 0 Å². The van der Waals surface area contributed by atoms with E-state index in [0.717, 1.165) is 31.4 Å². The van der Waals surface area contributed by atoms with Crippen LogP contribution in [0.4, 0.5) is 10.5 Å². The molecule has 0 radical (unpaired) electrons. The van der Waals surface area contributed by atoms with E-state index in [2.05, 4.69) is 26.1 Å². The molecule has 1 atom stereocenters. The van der Waals surface area contributed by atoms with Crippen molar-refractivity contribution in [3.05, 3.63) is 29.8 Å². The van der Waals surface area contributed by atoms with Crippen LogP contribution < -0.4 is 5.32 Å². The molecule has 7 nitrogen and oxygen atoms in total. The summed E-state index contributed by atoms with van der Waals surface area (Å²) >= 11 is 0. The van der Waals surface area contributed by atoms with Gasteiger partial charge in [-0.1, -0.05) is 39.3 Å². The van der Waals surface area contributed by atoms with Crippen LogP contribution in [0.1, 0.15) is 71.3 Å². The molecule has 3 amide bonds. The van der Waals surface area contributed by atoms with Gasteiger partial charge in [0.25, 0.3) is 0 Å². The van der Waals surface area contributed by atoms with Gasteiger partial charge in [0.15, 0.2) is 0 Å². The highest BCUT2D eigenvalue weighted by Gasteiger charge is 2.29. The van der Waals surface area contributed by atoms with Gasteiger partial charge in [-0.05, 0) is 49.8 Å². The number of esters is 1. The first-order valence-electron chi connectivity index (χ1n) is 12.0. The maximum Gasteiger partial charge on any atom is 0.321 e. The molecule has 0 saturated carbocycles. The zero-order chi connectivity index (χ0) is 23.5. The molecule has 1 N–H and O–H groups in total. The Morgan fingerprint density at radius 2 is 1.88 bits per heavy atom. The third kappa shape index (κ3) is 7.84. The van der Waals surface area contributed by atoms with Gasteiger partial charge in [-0.15, -0.1) is 0 Å². The average molecular weight is 446 g/mol. The van der Waals surface area contributed by atoms with Gasteiger partial charge in [0, 0.05) is 38.3 Å². The number of likely N-dealkylation sites (tertiary alicyclic amines) is 1. The average Bonchev–Trinajstić information content (AvgIpc) is 2.79. The number of hydrogen-bond donors (Lipinski definition) is 1. The van der Waals surface area contributed by atoms with E-state index in [1.54, 1.807) is 16.7 Å². The minimum atomic E-state index is -0.249. The molecule has 0 aliphatic carbocycles. The Balaban J connectivity index is 1.92. The summed E-state index contributed by atoms with van der Waals surface area (Å²) in [5.41, 5.74) is 1.97. The Kier molecular flexibility index (Phi) is 10.5. The summed E-state index contributed by atoms with van der Waals surface area (Å²) in [4.78, 5) is 41.2. The number of unbranched alkanes of at least 4 members (excludes halogenated alkanes) is 1. The van der Waals surface area contributed by atoms with E-state index in [1.165, 1.54) is 5.56 Å². The molecule has 1 aromatic rings. The van der Waals surface area contributed by atoms with Crippen molar-refractivity contribution in [1.82, 2.24) is 9.80 Å². The maximum absolute atomic E-state index is 12.9. The van der Waals surface area contributed by atoms with E-state index >= 15 is 0 Å². The molecule has 32 heavy (non-hydrogen) atoms. The van der Waals surface area contributed by atoms with Gasteiger partial charge in [-0.25, -0.2) is 4.79 Å². The highest BCUT2D eigenvalue weighted by atomic mass is 16.5. The standard InChI is InChI=1S/C25H39N3O4/c1-5-7-15-27(25(31)26-22-12-10-20(11-13-22)19(3)4)17-14-23(29)28-16-8-9-21(18-28)24(30)32-6-2/h10-13,19,21H,5-9,14-18H2,1-4H3,(H,26,31). The lowest BCUT2D eigenvalue weighted by Crippen LogP contribution is -2.44. The maximum atomic E-state index is 12.9. The minimum Gasteiger partial charge on any atom is -0.466 e. The Hall–Kier alpha value is -2.57. The number of rotatable bonds is 10. The third-order valence-corrected chi connectivity index (χ3v) is 5.89. The number of carbonyl (C=O) groups is 3. The Morgan fingerprint density at radius 3 is 2.50 bits per heavy atom. The second-order valence-corrected chi connectivity index (χ2v) is 8.73. The van der Waals surface area contributed by atoms with Gasteiger partial charge >= 0.3 is 12.0 Å². The van der Waals surface area contributed by atoms with Gasteiger partial charge in [0.05, 0.1) is 12.5 Å². The number of nitrogens with one attached hydrogen (secondary N) is 1. The number of anilines is 1. The fourth-order valence-electron chi connectivity index (χ4n) is 3.86. The molecule has 178 valence electrons. The fourth-order valence-corrected chi connectivity index (χ4v) is 3.86. The van der Waals surface area contributed by atoms with Crippen molar-refractivity contribution in [3.63, 3.8) is 0 Å². The molecular weight excluding hydrogens is 406 g/mol. The lowest BCUT2D eigenvalue weighted by Gasteiger charge is -2.32. The lowest BCUT2D eigenvalue weighted by molar-refractivity contribution is -0.151. The summed E-state index contributed by atoms with van der Waals surface area (Å²) in [5, 5.41) is 2.96. The number of urea groups is 1. The van der Waals surface area contributed by atoms with Crippen molar-refractivity contribution >= 4 is 23.6 Å². The number of carbonyl (C=O) groups excluding carboxylic acids is 3. The van der Waals surface area contributed by atoms with Crippen LogP contribution in [0.2, 0.25) is 0 Å². The molecule has 1 fully saturated rings. The SMILES string of the molecule is CCCCN(CCC(=O)N1CCCC(C(=O)OCC)C1)C(=O)Nc1ccc(C(C)C)cc1. The fraction of sp³-hybridized carbons (Fsp3) is 0.640. The van der Waals surface area contributed by atoms with Crippen LogP contribution in [0.3, 0.4) is 0 Å². The summed E-state index contributed by atoms with van der Waals surface area (Å²) in [6.45, 7) is 10.5. The monoisotopic (exact) mass is 445 g/mol. The molecule has 0 aromatic heterocycles. The Labute approximate surface area is 192 Å². The molecule has 2 rings (SSSR count). The largest absolute Gasteiger partial charge is 0.466 e. The van der Waals surface area contributed by atoms with E-state index in [0.29, 0.717) is 38.7 Å². The number of piperidine rings is 1. The number of amides is 3. The van der Waals surface area contributed by atoms with Crippen LogP contribution in [0.15, 0.2) is 24.3 Å². The molecule has 1 saturated heterocycles. The van der Waals surface area contributed by atoms with Gasteiger partial charge in [-0.2, -0.15) is 0 Å². The summed E-state index contributed by atoms with van der Waals surface area (Å²) in [6, 6.07) is 7.69. The normalized spacial score (nSPS) is 16.0. The van der Waals surface area contributed by atoms with Crippen molar-refractivity contribution < 1.29 is 19.1 Å². The zero-order valence-corrected chi connectivity index (χ0v) is 20.1. The molecule has 1 unspecified atom stereocenters. The molecule has 1 heterocycles. The van der Waals surface area contributed by atoms with Crippen molar-refractivity contribution in [2.75, 3.05) is 38.1 Å². The summed E-state index contributed by atoms with van der Waals surface area (Å²) in [6.07, 6.45) is 3.64. The number of hydrogen-bond acceptors (Lipinski definition) is 4. The second-order valence-electron chi connectivity index (χ2n) is 8.73. The first kappa shape index (κ1) is 25.7. The minimum absolute atomic E-state index is 0.0189. The summed E-state index contributed by atoms with van der Waals surface area (Å²) in [7, 11) is 0. The first-order valence-corrected chi connectivity index (χ1v) is 12.0. The highest BCUT2D eigenvalue weighted by Crippen LogP contribution is 2.20. The zero-order valence-electron chi connectivity index (χ0n) is 20.1. The number of nitrogens with zero attached hydrogens (tertiary/aromatic N) is 2. The third-order valence-electron chi connectivity index (χ3n) is 5.89. The van der Waals surface area contributed by atoms with Crippen molar-refractivity contribution in [2.24, 2.45) is 5.92 Å². The smallest absolute Gasteiger partial charge is 0.321 e. The van der Waals surface area contributed by atoms with Crippen molar-refractivity contribution in [1.29, 1.82) is 0 Å². The quantitative estimate of drug-likeness (QED) is 0.532. The van der Waals surface area contributed by atoms with Crippen molar-refractivity contribution in [3.8, 4) is 0 Å². The lowest BCUT2D eigenvalue weighted by atomic mass is 9.98. The van der Waals surface area contributed by atoms with Crippen molar-refractivity contribution in [2.45, 2.75) is 65.7 Å².